The molecule has 1 aliphatic carbocycles. The maximum absolute atomic E-state index is 12.9. The van der Waals surface area contributed by atoms with Gasteiger partial charge in [0.1, 0.15) is 5.75 Å². The van der Waals surface area contributed by atoms with Crippen LogP contribution in [0.2, 0.25) is 0 Å². The number of anilines is 1. The lowest BCUT2D eigenvalue weighted by Gasteiger charge is -2.27. The number of amides is 1. The fourth-order valence-electron chi connectivity index (χ4n) is 3.73. The summed E-state index contributed by atoms with van der Waals surface area (Å²) >= 11 is 0. The standard InChI is InChI=1S/C22H28N2O4S/c1-15-5-4-6-19(13-15)23-22(25)17-8-7-16(2)21(14-17)29(26,27)24-18-9-11-20(28-3)12-10-18/h7-12,14-15,19,24H,4-6,13H2,1-3H3,(H,23,25). The molecule has 0 spiro atoms. The van der Waals surface area contributed by atoms with Crippen LogP contribution >= 0.6 is 0 Å². The molecule has 156 valence electrons. The number of ether oxygens (including phenoxy) is 1. The van der Waals surface area contributed by atoms with Gasteiger partial charge in [-0.3, -0.25) is 9.52 Å². The van der Waals surface area contributed by atoms with Gasteiger partial charge in [-0.2, -0.15) is 0 Å². The average molecular weight is 417 g/mol. The van der Waals surface area contributed by atoms with E-state index in [1.807, 2.05) is 0 Å². The minimum atomic E-state index is -3.83. The zero-order valence-corrected chi connectivity index (χ0v) is 17.9. The third-order valence-corrected chi connectivity index (χ3v) is 6.88. The number of hydrogen-bond donors (Lipinski definition) is 2. The van der Waals surface area contributed by atoms with Crippen LogP contribution in [-0.2, 0) is 10.0 Å². The van der Waals surface area contributed by atoms with Crippen LogP contribution in [0.4, 0.5) is 5.69 Å². The molecule has 1 aliphatic rings. The highest BCUT2D eigenvalue weighted by Gasteiger charge is 2.23. The predicted molar refractivity (Wildman–Crippen MR) is 114 cm³/mol. The first kappa shape index (κ1) is 21.2. The highest BCUT2D eigenvalue weighted by molar-refractivity contribution is 7.92. The van der Waals surface area contributed by atoms with Crippen molar-refractivity contribution < 1.29 is 17.9 Å². The van der Waals surface area contributed by atoms with E-state index in [4.69, 9.17) is 4.74 Å². The Morgan fingerprint density at radius 2 is 1.83 bits per heavy atom. The summed E-state index contributed by atoms with van der Waals surface area (Å²) in [4.78, 5) is 12.8. The minimum absolute atomic E-state index is 0.0954. The van der Waals surface area contributed by atoms with E-state index in [9.17, 15) is 13.2 Å². The van der Waals surface area contributed by atoms with Crippen molar-refractivity contribution in [2.75, 3.05) is 11.8 Å². The molecule has 0 bridgehead atoms. The molecule has 2 N–H and O–H groups in total. The molecule has 6 nitrogen and oxygen atoms in total. The number of carbonyl (C=O) groups is 1. The van der Waals surface area contributed by atoms with Gasteiger partial charge in [0.2, 0.25) is 0 Å². The molecule has 0 saturated heterocycles. The Bertz CT molecular complexity index is 971. The van der Waals surface area contributed by atoms with Gasteiger partial charge in [0, 0.05) is 17.3 Å². The zero-order chi connectivity index (χ0) is 21.0. The van der Waals surface area contributed by atoms with Crippen LogP contribution in [0, 0.1) is 12.8 Å². The molecule has 0 aliphatic heterocycles. The molecule has 2 aromatic rings. The van der Waals surface area contributed by atoms with Crippen LogP contribution in [0.15, 0.2) is 47.4 Å². The van der Waals surface area contributed by atoms with Gasteiger partial charge in [0.05, 0.1) is 12.0 Å². The lowest BCUT2D eigenvalue weighted by molar-refractivity contribution is 0.0921. The Labute approximate surface area is 172 Å². The maximum atomic E-state index is 12.9. The second kappa shape index (κ2) is 8.86. The molecule has 2 atom stereocenters. The van der Waals surface area contributed by atoms with Crippen molar-refractivity contribution in [3.8, 4) is 5.75 Å². The van der Waals surface area contributed by atoms with Crippen LogP contribution in [0.3, 0.4) is 0 Å². The Hall–Kier alpha value is -2.54. The first-order valence-corrected chi connectivity index (χ1v) is 11.3. The normalized spacial score (nSPS) is 19.4. The quantitative estimate of drug-likeness (QED) is 0.742. The molecule has 1 amide bonds. The van der Waals surface area contributed by atoms with Gasteiger partial charge in [-0.05, 0) is 67.6 Å². The largest absolute Gasteiger partial charge is 0.497 e. The van der Waals surface area contributed by atoms with Gasteiger partial charge in [-0.1, -0.05) is 25.8 Å². The third kappa shape index (κ3) is 5.29. The summed E-state index contributed by atoms with van der Waals surface area (Å²) in [7, 11) is -2.28. The van der Waals surface area contributed by atoms with Gasteiger partial charge in [0.25, 0.3) is 15.9 Å². The molecular formula is C22H28N2O4S. The van der Waals surface area contributed by atoms with E-state index < -0.39 is 10.0 Å². The van der Waals surface area contributed by atoms with Gasteiger partial charge in [-0.25, -0.2) is 8.42 Å². The van der Waals surface area contributed by atoms with E-state index in [0.29, 0.717) is 28.5 Å². The molecule has 0 heterocycles. The van der Waals surface area contributed by atoms with Gasteiger partial charge in [0.15, 0.2) is 0 Å². The summed E-state index contributed by atoms with van der Waals surface area (Å²) in [5, 5.41) is 3.06. The summed E-state index contributed by atoms with van der Waals surface area (Å²) in [5.74, 6) is 1.00. The lowest BCUT2D eigenvalue weighted by Crippen LogP contribution is -2.38. The van der Waals surface area contributed by atoms with Crippen molar-refractivity contribution in [1.82, 2.24) is 5.32 Å². The van der Waals surface area contributed by atoms with Crippen LogP contribution in [0.25, 0.3) is 0 Å². The highest BCUT2D eigenvalue weighted by atomic mass is 32.2. The summed E-state index contributed by atoms with van der Waals surface area (Å²) < 4.78 is 33.5. The molecule has 1 saturated carbocycles. The number of methoxy groups -OCH3 is 1. The SMILES string of the molecule is COc1ccc(NS(=O)(=O)c2cc(C(=O)NC3CCCC(C)C3)ccc2C)cc1. The molecule has 2 aromatic carbocycles. The molecule has 2 unspecified atom stereocenters. The molecule has 0 radical (unpaired) electrons. The number of hydrogen-bond acceptors (Lipinski definition) is 4. The van der Waals surface area contributed by atoms with Crippen molar-refractivity contribution >= 4 is 21.6 Å². The van der Waals surface area contributed by atoms with Crippen LogP contribution < -0.4 is 14.8 Å². The monoisotopic (exact) mass is 416 g/mol. The molecule has 29 heavy (non-hydrogen) atoms. The van der Waals surface area contributed by atoms with Crippen LogP contribution in [0.5, 0.6) is 5.75 Å². The van der Waals surface area contributed by atoms with Crippen molar-refractivity contribution in [3.63, 3.8) is 0 Å². The number of rotatable bonds is 6. The first-order valence-electron chi connectivity index (χ1n) is 9.87. The van der Waals surface area contributed by atoms with Crippen molar-refractivity contribution in [1.29, 1.82) is 0 Å². The summed E-state index contributed by atoms with van der Waals surface area (Å²) in [5.41, 5.74) is 1.36. The smallest absolute Gasteiger partial charge is 0.262 e. The molecule has 0 aromatic heterocycles. The van der Waals surface area contributed by atoms with E-state index in [1.54, 1.807) is 50.4 Å². The number of sulfonamides is 1. The van der Waals surface area contributed by atoms with Crippen LogP contribution in [0.1, 0.15) is 48.5 Å². The van der Waals surface area contributed by atoms with E-state index >= 15 is 0 Å². The van der Waals surface area contributed by atoms with Gasteiger partial charge >= 0.3 is 0 Å². The van der Waals surface area contributed by atoms with Crippen molar-refractivity contribution in [3.05, 3.63) is 53.6 Å². The first-order chi connectivity index (χ1) is 13.8. The molecule has 7 heteroatoms. The maximum Gasteiger partial charge on any atom is 0.262 e. The second-order valence-corrected chi connectivity index (χ2v) is 9.41. The van der Waals surface area contributed by atoms with Crippen LogP contribution in [-0.4, -0.2) is 27.5 Å². The summed E-state index contributed by atoms with van der Waals surface area (Å²) in [6.07, 6.45) is 4.22. The van der Waals surface area contributed by atoms with Gasteiger partial charge in [-0.15, -0.1) is 0 Å². The van der Waals surface area contributed by atoms with E-state index in [0.717, 1.165) is 19.3 Å². The molecule has 1 fully saturated rings. The fourth-order valence-corrected chi connectivity index (χ4v) is 5.06. The number of aryl methyl sites for hydroxylation is 1. The zero-order valence-electron chi connectivity index (χ0n) is 17.1. The number of carbonyl (C=O) groups excluding carboxylic acids is 1. The van der Waals surface area contributed by atoms with E-state index in [-0.39, 0.29) is 16.8 Å². The Morgan fingerprint density at radius 1 is 1.10 bits per heavy atom. The Balaban J connectivity index is 1.78. The summed E-state index contributed by atoms with van der Waals surface area (Å²) in [6.45, 7) is 3.91. The molecular weight excluding hydrogens is 388 g/mol. The average Bonchev–Trinajstić information content (AvgIpc) is 2.68. The highest BCUT2D eigenvalue weighted by Crippen LogP contribution is 2.25. The van der Waals surface area contributed by atoms with Crippen molar-refractivity contribution in [2.45, 2.75) is 50.5 Å². The lowest BCUT2D eigenvalue weighted by atomic mass is 9.87. The number of nitrogens with one attached hydrogen (secondary N) is 2. The Morgan fingerprint density at radius 3 is 2.48 bits per heavy atom. The molecule has 3 rings (SSSR count). The van der Waals surface area contributed by atoms with Crippen molar-refractivity contribution in [2.24, 2.45) is 5.92 Å². The second-order valence-electron chi connectivity index (χ2n) is 7.76. The minimum Gasteiger partial charge on any atom is -0.497 e. The third-order valence-electron chi connectivity index (χ3n) is 5.35. The predicted octanol–water partition coefficient (Wildman–Crippen LogP) is 4.11. The summed E-state index contributed by atoms with van der Waals surface area (Å²) in [6, 6.07) is 11.6. The van der Waals surface area contributed by atoms with E-state index in [1.165, 1.54) is 12.5 Å². The topological polar surface area (TPSA) is 84.5 Å². The van der Waals surface area contributed by atoms with E-state index in [2.05, 4.69) is 17.0 Å². The number of benzene rings is 2. The van der Waals surface area contributed by atoms with Gasteiger partial charge < -0.3 is 10.1 Å². The Kier molecular flexibility index (Phi) is 6.47. The fraction of sp³-hybridized carbons (Fsp3) is 0.409.